The van der Waals surface area contributed by atoms with Gasteiger partial charge in [-0.25, -0.2) is 9.07 Å². The van der Waals surface area contributed by atoms with Gasteiger partial charge in [0.15, 0.2) is 0 Å². The minimum absolute atomic E-state index is 0.272. The van der Waals surface area contributed by atoms with Crippen molar-refractivity contribution < 1.29 is 9.18 Å². The third-order valence-corrected chi connectivity index (χ3v) is 3.37. The Bertz CT molecular complexity index is 812. The lowest BCUT2D eigenvalue weighted by atomic mass is 10.2. The van der Waals surface area contributed by atoms with Crippen molar-refractivity contribution in [3.8, 4) is 5.69 Å². The SMILES string of the molecule is Cc1c(C(=O)Nc2ccccc2)cnn1-c1ccccc1F. The summed E-state index contributed by atoms with van der Waals surface area (Å²) in [6.45, 7) is 1.74. The van der Waals surface area contributed by atoms with Crippen LogP contribution in [-0.2, 0) is 0 Å². The topological polar surface area (TPSA) is 46.9 Å². The van der Waals surface area contributed by atoms with Crippen molar-refractivity contribution >= 4 is 11.6 Å². The lowest BCUT2D eigenvalue weighted by Crippen LogP contribution is -2.13. The number of carbonyl (C=O) groups is 1. The molecule has 4 nitrogen and oxygen atoms in total. The highest BCUT2D eigenvalue weighted by molar-refractivity contribution is 6.04. The van der Waals surface area contributed by atoms with E-state index in [-0.39, 0.29) is 11.7 Å². The Hall–Kier alpha value is -2.95. The van der Waals surface area contributed by atoms with Crippen LogP contribution in [0.15, 0.2) is 60.8 Å². The molecule has 1 N–H and O–H groups in total. The number of aromatic nitrogens is 2. The van der Waals surface area contributed by atoms with Crippen molar-refractivity contribution in [2.75, 3.05) is 5.32 Å². The summed E-state index contributed by atoms with van der Waals surface area (Å²) in [5.41, 5.74) is 2.01. The van der Waals surface area contributed by atoms with E-state index in [2.05, 4.69) is 10.4 Å². The molecule has 3 aromatic rings. The van der Waals surface area contributed by atoms with Crippen LogP contribution in [0, 0.1) is 12.7 Å². The van der Waals surface area contributed by atoms with E-state index in [9.17, 15) is 9.18 Å². The van der Waals surface area contributed by atoms with Crippen molar-refractivity contribution in [2.45, 2.75) is 6.92 Å². The van der Waals surface area contributed by atoms with E-state index in [1.54, 1.807) is 37.3 Å². The molecule has 0 bridgehead atoms. The van der Waals surface area contributed by atoms with Crippen molar-refractivity contribution in [3.05, 3.63) is 77.9 Å². The van der Waals surface area contributed by atoms with Crippen LogP contribution in [-0.4, -0.2) is 15.7 Å². The van der Waals surface area contributed by atoms with Crippen LogP contribution in [0.25, 0.3) is 5.69 Å². The molecule has 3 rings (SSSR count). The predicted octanol–water partition coefficient (Wildman–Crippen LogP) is 3.57. The molecule has 0 aliphatic carbocycles. The molecular formula is C17H14FN3O. The number of rotatable bonds is 3. The summed E-state index contributed by atoms with van der Waals surface area (Å²) in [6.07, 6.45) is 1.44. The van der Waals surface area contributed by atoms with Gasteiger partial charge in [0, 0.05) is 5.69 Å². The number of nitrogens with zero attached hydrogens (tertiary/aromatic N) is 2. The second-order valence-corrected chi connectivity index (χ2v) is 4.83. The first-order valence-electron chi connectivity index (χ1n) is 6.83. The van der Waals surface area contributed by atoms with Crippen molar-refractivity contribution in [2.24, 2.45) is 0 Å². The first-order valence-corrected chi connectivity index (χ1v) is 6.83. The maximum atomic E-state index is 13.9. The zero-order valence-electron chi connectivity index (χ0n) is 12.0. The van der Waals surface area contributed by atoms with E-state index < -0.39 is 0 Å². The van der Waals surface area contributed by atoms with Gasteiger partial charge in [-0.15, -0.1) is 0 Å². The number of carbonyl (C=O) groups excluding carboxylic acids is 1. The van der Waals surface area contributed by atoms with Crippen LogP contribution >= 0.6 is 0 Å². The van der Waals surface area contributed by atoms with Crippen LogP contribution in [0.4, 0.5) is 10.1 Å². The second-order valence-electron chi connectivity index (χ2n) is 4.83. The summed E-state index contributed by atoms with van der Waals surface area (Å²) in [7, 11) is 0. The standard InChI is InChI=1S/C17H14FN3O/c1-12-14(17(22)20-13-7-3-2-4-8-13)11-19-21(12)16-10-6-5-9-15(16)18/h2-11H,1H3,(H,20,22). The fourth-order valence-corrected chi connectivity index (χ4v) is 2.22. The summed E-state index contributed by atoms with van der Waals surface area (Å²) >= 11 is 0. The van der Waals surface area contributed by atoms with Crippen molar-refractivity contribution in [3.63, 3.8) is 0 Å². The van der Waals surface area contributed by atoms with Gasteiger partial charge in [0.2, 0.25) is 0 Å². The molecule has 0 fully saturated rings. The Kier molecular flexibility index (Phi) is 3.70. The van der Waals surface area contributed by atoms with Gasteiger partial charge in [0.25, 0.3) is 5.91 Å². The molecule has 0 unspecified atom stereocenters. The van der Waals surface area contributed by atoms with Crippen LogP contribution in [0.2, 0.25) is 0 Å². The van der Waals surface area contributed by atoms with Gasteiger partial charge in [0.05, 0.1) is 17.5 Å². The highest BCUT2D eigenvalue weighted by Gasteiger charge is 2.16. The van der Waals surface area contributed by atoms with E-state index in [0.717, 1.165) is 0 Å². The number of para-hydroxylation sites is 2. The second kappa shape index (κ2) is 5.81. The Labute approximate surface area is 127 Å². The van der Waals surface area contributed by atoms with E-state index in [1.165, 1.54) is 16.9 Å². The number of anilines is 1. The number of halogens is 1. The molecule has 5 heteroatoms. The Morgan fingerprint density at radius 1 is 1.09 bits per heavy atom. The Balaban J connectivity index is 1.91. The zero-order valence-corrected chi connectivity index (χ0v) is 12.0. The lowest BCUT2D eigenvalue weighted by Gasteiger charge is -2.07. The van der Waals surface area contributed by atoms with Gasteiger partial charge in [-0.3, -0.25) is 4.79 Å². The Morgan fingerprint density at radius 3 is 2.50 bits per heavy atom. The van der Waals surface area contributed by atoms with Crippen molar-refractivity contribution in [1.29, 1.82) is 0 Å². The van der Waals surface area contributed by atoms with Gasteiger partial charge in [-0.1, -0.05) is 30.3 Å². The summed E-state index contributed by atoms with van der Waals surface area (Å²) in [6, 6.07) is 15.5. The summed E-state index contributed by atoms with van der Waals surface area (Å²) in [5.74, 6) is -0.657. The largest absolute Gasteiger partial charge is 0.322 e. The normalized spacial score (nSPS) is 10.5. The number of benzene rings is 2. The number of hydrogen-bond donors (Lipinski definition) is 1. The van der Waals surface area contributed by atoms with E-state index in [4.69, 9.17) is 0 Å². The number of nitrogens with one attached hydrogen (secondary N) is 1. The first-order chi connectivity index (χ1) is 10.7. The van der Waals surface area contributed by atoms with Gasteiger partial charge >= 0.3 is 0 Å². The quantitative estimate of drug-likeness (QED) is 0.803. The minimum Gasteiger partial charge on any atom is -0.322 e. The molecule has 0 atom stereocenters. The molecule has 1 aromatic heterocycles. The van der Waals surface area contributed by atoms with Gasteiger partial charge in [-0.05, 0) is 31.2 Å². The van der Waals surface area contributed by atoms with Crippen molar-refractivity contribution in [1.82, 2.24) is 9.78 Å². The van der Waals surface area contributed by atoms with Crippen LogP contribution < -0.4 is 5.32 Å². The molecular weight excluding hydrogens is 281 g/mol. The molecule has 110 valence electrons. The predicted molar refractivity (Wildman–Crippen MR) is 82.7 cm³/mol. The monoisotopic (exact) mass is 295 g/mol. The third kappa shape index (κ3) is 2.61. The fraction of sp³-hybridized carbons (Fsp3) is 0.0588. The molecule has 1 amide bonds. The molecule has 0 saturated heterocycles. The minimum atomic E-state index is -0.385. The average Bonchev–Trinajstić information content (AvgIpc) is 2.90. The highest BCUT2D eigenvalue weighted by Crippen LogP contribution is 2.18. The molecule has 0 aliphatic heterocycles. The maximum Gasteiger partial charge on any atom is 0.259 e. The maximum absolute atomic E-state index is 13.9. The molecule has 1 heterocycles. The molecule has 22 heavy (non-hydrogen) atoms. The van der Waals surface area contributed by atoms with E-state index in [1.807, 2.05) is 18.2 Å². The summed E-state index contributed by atoms with van der Waals surface area (Å²) in [4.78, 5) is 12.3. The third-order valence-electron chi connectivity index (χ3n) is 3.37. The molecule has 0 spiro atoms. The fourth-order valence-electron chi connectivity index (χ4n) is 2.22. The summed E-state index contributed by atoms with van der Waals surface area (Å²) < 4.78 is 15.3. The lowest BCUT2D eigenvalue weighted by molar-refractivity contribution is 0.102. The van der Waals surface area contributed by atoms with Crippen LogP contribution in [0.3, 0.4) is 0 Å². The number of amides is 1. The molecule has 2 aromatic carbocycles. The smallest absolute Gasteiger partial charge is 0.259 e. The zero-order chi connectivity index (χ0) is 15.5. The number of hydrogen-bond acceptors (Lipinski definition) is 2. The van der Waals surface area contributed by atoms with E-state index >= 15 is 0 Å². The van der Waals surface area contributed by atoms with Gasteiger partial charge in [-0.2, -0.15) is 5.10 Å². The van der Waals surface area contributed by atoms with Crippen LogP contribution in [0.1, 0.15) is 16.1 Å². The average molecular weight is 295 g/mol. The van der Waals surface area contributed by atoms with Gasteiger partial charge in [0.1, 0.15) is 11.5 Å². The van der Waals surface area contributed by atoms with Crippen LogP contribution in [0.5, 0.6) is 0 Å². The van der Waals surface area contributed by atoms with Gasteiger partial charge < -0.3 is 5.32 Å². The molecule has 0 aliphatic rings. The Morgan fingerprint density at radius 2 is 1.77 bits per heavy atom. The highest BCUT2D eigenvalue weighted by atomic mass is 19.1. The molecule has 0 radical (unpaired) electrons. The molecule has 0 saturated carbocycles. The summed E-state index contributed by atoms with van der Waals surface area (Å²) in [5, 5.41) is 6.92. The van der Waals surface area contributed by atoms with E-state index in [0.29, 0.717) is 22.6 Å². The first kappa shape index (κ1) is 14.0.